The smallest absolute Gasteiger partial charge is 0.258 e. The molecule has 4 rings (SSSR count). The van der Waals surface area contributed by atoms with Gasteiger partial charge in [-0.1, -0.05) is 12.1 Å². The first-order valence-electron chi connectivity index (χ1n) is 8.93. The molecule has 1 saturated heterocycles. The summed E-state index contributed by atoms with van der Waals surface area (Å²) in [6, 6.07) is 8.71. The molecule has 1 amide bonds. The predicted octanol–water partition coefficient (Wildman–Crippen LogP) is 2.47. The molecule has 0 atom stereocenters. The van der Waals surface area contributed by atoms with Crippen LogP contribution in [0.25, 0.3) is 10.8 Å². The topological polar surface area (TPSA) is 69.7 Å². The fourth-order valence-corrected chi connectivity index (χ4v) is 5.77. The maximum absolute atomic E-state index is 13.3. The quantitative estimate of drug-likeness (QED) is 0.842. The number of halogens is 1. The lowest BCUT2D eigenvalue weighted by molar-refractivity contribution is 0.0999. The van der Waals surface area contributed by atoms with Gasteiger partial charge in [0.05, 0.1) is 10.6 Å². The Bertz CT molecular complexity index is 985. The number of carbonyl (C=O) groups is 1. The van der Waals surface area contributed by atoms with E-state index in [0.717, 1.165) is 30.5 Å². The van der Waals surface area contributed by atoms with Gasteiger partial charge in [0, 0.05) is 36.5 Å². The van der Waals surface area contributed by atoms with E-state index in [1.807, 2.05) is 7.05 Å². The number of piperidine rings is 1. The second-order valence-corrected chi connectivity index (χ2v) is 8.99. The minimum absolute atomic E-state index is 0. The highest BCUT2D eigenvalue weighted by Gasteiger charge is 2.34. The second-order valence-electron chi connectivity index (χ2n) is 7.08. The molecule has 0 spiro atoms. The first-order chi connectivity index (χ1) is 12.4. The van der Waals surface area contributed by atoms with Crippen LogP contribution in [0.5, 0.6) is 0 Å². The highest BCUT2D eigenvalue weighted by Crippen LogP contribution is 2.40. The summed E-state index contributed by atoms with van der Waals surface area (Å²) >= 11 is 0. The first-order valence-corrected chi connectivity index (χ1v) is 10.4. The van der Waals surface area contributed by atoms with Crippen LogP contribution in [0.1, 0.15) is 23.2 Å². The van der Waals surface area contributed by atoms with E-state index in [0.29, 0.717) is 34.9 Å². The average Bonchev–Trinajstić information content (AvgIpc) is 2.89. The maximum atomic E-state index is 13.3. The molecule has 0 radical (unpaired) electrons. The van der Waals surface area contributed by atoms with E-state index < -0.39 is 10.0 Å². The number of sulfonamides is 1. The van der Waals surface area contributed by atoms with Crippen LogP contribution in [0.4, 0.5) is 5.69 Å². The van der Waals surface area contributed by atoms with Crippen molar-refractivity contribution in [2.45, 2.75) is 17.7 Å². The first kappa shape index (κ1) is 20.1. The molecule has 2 heterocycles. The molecule has 1 N–H and O–H groups in total. The maximum Gasteiger partial charge on any atom is 0.258 e. The number of anilines is 1. The Morgan fingerprint density at radius 2 is 1.85 bits per heavy atom. The van der Waals surface area contributed by atoms with Gasteiger partial charge >= 0.3 is 0 Å². The molecular formula is C19H24ClN3O3S. The van der Waals surface area contributed by atoms with E-state index in [1.54, 1.807) is 46.6 Å². The molecule has 0 aliphatic carbocycles. The van der Waals surface area contributed by atoms with Crippen molar-refractivity contribution in [3.63, 3.8) is 0 Å². The van der Waals surface area contributed by atoms with Crippen molar-refractivity contribution >= 4 is 44.8 Å². The Labute approximate surface area is 166 Å². The second kappa shape index (κ2) is 7.39. The van der Waals surface area contributed by atoms with Crippen molar-refractivity contribution in [3.05, 3.63) is 35.9 Å². The molecule has 0 saturated carbocycles. The summed E-state index contributed by atoms with van der Waals surface area (Å²) in [5, 5.41) is 4.55. The zero-order valence-electron chi connectivity index (χ0n) is 15.4. The third-order valence-corrected chi connectivity index (χ3v) is 7.52. The number of nitrogens with one attached hydrogen (secondary N) is 1. The van der Waals surface area contributed by atoms with Gasteiger partial charge in [-0.2, -0.15) is 4.31 Å². The van der Waals surface area contributed by atoms with Crippen LogP contribution in [0.3, 0.4) is 0 Å². The highest BCUT2D eigenvalue weighted by molar-refractivity contribution is 7.89. The normalized spacial score (nSPS) is 18.1. The SMILES string of the molecule is CNCC1CCN(S(=O)(=O)c2ccc3c4c(cccc24)C(=O)N3C)CC1.Cl. The number of hydrogen-bond donors (Lipinski definition) is 1. The van der Waals surface area contributed by atoms with Gasteiger partial charge in [-0.05, 0) is 50.6 Å². The summed E-state index contributed by atoms with van der Waals surface area (Å²) in [7, 11) is 0.0602. The minimum atomic E-state index is -3.58. The van der Waals surface area contributed by atoms with Crippen molar-refractivity contribution < 1.29 is 13.2 Å². The van der Waals surface area contributed by atoms with E-state index in [2.05, 4.69) is 5.32 Å². The van der Waals surface area contributed by atoms with Crippen molar-refractivity contribution in [2.75, 3.05) is 38.6 Å². The molecule has 2 aromatic rings. The number of carbonyl (C=O) groups excluding carboxylic acids is 1. The van der Waals surface area contributed by atoms with Gasteiger partial charge < -0.3 is 10.2 Å². The van der Waals surface area contributed by atoms with Crippen molar-refractivity contribution in [1.82, 2.24) is 9.62 Å². The zero-order valence-corrected chi connectivity index (χ0v) is 17.1. The Morgan fingerprint density at radius 3 is 2.52 bits per heavy atom. The van der Waals surface area contributed by atoms with E-state index in [-0.39, 0.29) is 18.3 Å². The molecule has 6 nitrogen and oxygen atoms in total. The third-order valence-electron chi connectivity index (χ3n) is 5.56. The summed E-state index contributed by atoms with van der Waals surface area (Å²) in [6.45, 7) is 2.00. The number of benzene rings is 2. The lowest BCUT2D eigenvalue weighted by atomic mass is 9.98. The molecule has 146 valence electrons. The van der Waals surface area contributed by atoms with Crippen LogP contribution < -0.4 is 10.2 Å². The number of rotatable bonds is 4. The lowest BCUT2D eigenvalue weighted by Crippen LogP contribution is -2.40. The number of nitrogens with zero attached hydrogens (tertiary/aromatic N) is 2. The summed E-state index contributed by atoms with van der Waals surface area (Å²) < 4.78 is 28.2. The molecule has 8 heteroatoms. The highest BCUT2D eigenvalue weighted by atomic mass is 35.5. The average molecular weight is 410 g/mol. The summed E-state index contributed by atoms with van der Waals surface area (Å²) in [5.41, 5.74) is 1.34. The largest absolute Gasteiger partial charge is 0.319 e. The third kappa shape index (κ3) is 3.12. The van der Waals surface area contributed by atoms with E-state index >= 15 is 0 Å². The Kier molecular flexibility index (Phi) is 5.49. The summed E-state index contributed by atoms with van der Waals surface area (Å²) in [4.78, 5) is 14.3. The zero-order chi connectivity index (χ0) is 18.5. The van der Waals surface area contributed by atoms with Gasteiger partial charge in [0.2, 0.25) is 10.0 Å². The molecule has 27 heavy (non-hydrogen) atoms. The molecule has 0 aromatic heterocycles. The number of hydrogen-bond acceptors (Lipinski definition) is 4. The fourth-order valence-electron chi connectivity index (χ4n) is 4.12. The van der Waals surface area contributed by atoms with Crippen LogP contribution in [0, 0.1) is 5.92 Å². The molecule has 0 unspecified atom stereocenters. The molecule has 2 aliphatic heterocycles. The van der Waals surface area contributed by atoms with Gasteiger partial charge in [-0.15, -0.1) is 12.4 Å². The molecule has 1 fully saturated rings. The van der Waals surface area contributed by atoms with Crippen LogP contribution in [0.15, 0.2) is 35.2 Å². The van der Waals surface area contributed by atoms with E-state index in [9.17, 15) is 13.2 Å². The van der Waals surface area contributed by atoms with E-state index in [1.165, 1.54) is 0 Å². The summed E-state index contributed by atoms with van der Waals surface area (Å²) in [5.74, 6) is 0.429. The Morgan fingerprint density at radius 1 is 1.15 bits per heavy atom. The van der Waals surface area contributed by atoms with Crippen LogP contribution in [-0.4, -0.2) is 52.4 Å². The molecule has 0 bridgehead atoms. The van der Waals surface area contributed by atoms with Crippen LogP contribution in [0.2, 0.25) is 0 Å². The van der Waals surface area contributed by atoms with Gasteiger partial charge in [-0.25, -0.2) is 8.42 Å². The van der Waals surface area contributed by atoms with Gasteiger partial charge in [0.25, 0.3) is 5.91 Å². The van der Waals surface area contributed by atoms with Gasteiger partial charge in [-0.3, -0.25) is 4.79 Å². The van der Waals surface area contributed by atoms with Gasteiger partial charge in [0.1, 0.15) is 0 Å². The van der Waals surface area contributed by atoms with Crippen molar-refractivity contribution in [2.24, 2.45) is 5.92 Å². The van der Waals surface area contributed by atoms with Crippen LogP contribution >= 0.6 is 12.4 Å². The molecular weight excluding hydrogens is 386 g/mol. The monoisotopic (exact) mass is 409 g/mol. The minimum Gasteiger partial charge on any atom is -0.319 e. The van der Waals surface area contributed by atoms with Crippen molar-refractivity contribution in [1.29, 1.82) is 0 Å². The Balaban J connectivity index is 0.00000210. The molecule has 2 aliphatic rings. The van der Waals surface area contributed by atoms with Gasteiger partial charge in [0.15, 0.2) is 0 Å². The molecule has 2 aromatic carbocycles. The van der Waals surface area contributed by atoms with E-state index in [4.69, 9.17) is 0 Å². The van der Waals surface area contributed by atoms with Crippen molar-refractivity contribution in [3.8, 4) is 0 Å². The fraction of sp³-hybridized carbons (Fsp3) is 0.421. The predicted molar refractivity (Wildman–Crippen MR) is 109 cm³/mol. The lowest BCUT2D eigenvalue weighted by Gasteiger charge is -2.31. The summed E-state index contributed by atoms with van der Waals surface area (Å²) in [6.07, 6.45) is 1.73. The standard InChI is InChI=1S/C19H23N3O3S.ClH/c1-20-12-13-8-10-22(11-9-13)26(24,25)17-7-6-16-18-14(17)4-3-5-15(18)19(23)21(16)2;/h3-7,13,20H,8-12H2,1-2H3;1H. The number of amides is 1. The van der Waals surface area contributed by atoms with Crippen LogP contribution in [-0.2, 0) is 10.0 Å². The Hall–Kier alpha value is -1.67.